The molecular formula is C15H12N2O2S2. The van der Waals surface area contributed by atoms with Gasteiger partial charge in [-0.05, 0) is 37.6 Å². The monoisotopic (exact) mass is 316 g/mol. The predicted molar refractivity (Wildman–Crippen MR) is 84.4 cm³/mol. The molecule has 0 saturated heterocycles. The van der Waals surface area contributed by atoms with Gasteiger partial charge < -0.3 is 5.11 Å². The van der Waals surface area contributed by atoms with Crippen LogP contribution in [0.2, 0.25) is 0 Å². The van der Waals surface area contributed by atoms with Gasteiger partial charge in [-0.1, -0.05) is 17.8 Å². The van der Waals surface area contributed by atoms with Crippen LogP contribution in [0.1, 0.15) is 20.8 Å². The highest BCUT2D eigenvalue weighted by atomic mass is 32.2. The molecule has 106 valence electrons. The molecule has 1 aromatic carbocycles. The van der Waals surface area contributed by atoms with Crippen molar-refractivity contribution in [3.05, 3.63) is 46.6 Å². The maximum absolute atomic E-state index is 11.0. The van der Waals surface area contributed by atoms with Crippen LogP contribution in [0.3, 0.4) is 0 Å². The molecule has 0 amide bonds. The largest absolute Gasteiger partial charge is 0.478 e. The van der Waals surface area contributed by atoms with E-state index >= 15 is 0 Å². The van der Waals surface area contributed by atoms with E-state index in [1.807, 2.05) is 6.07 Å². The molecule has 0 atom stereocenters. The number of aromatic carboxylic acids is 1. The van der Waals surface area contributed by atoms with Gasteiger partial charge in [0.15, 0.2) is 0 Å². The molecule has 0 fully saturated rings. The summed E-state index contributed by atoms with van der Waals surface area (Å²) in [5.41, 5.74) is 1.47. The molecule has 1 N–H and O–H groups in total. The number of carboxylic acid groups (broad SMARTS) is 1. The molecule has 4 nitrogen and oxygen atoms in total. The Morgan fingerprint density at radius 2 is 2.10 bits per heavy atom. The van der Waals surface area contributed by atoms with Crippen molar-refractivity contribution in [3.8, 4) is 0 Å². The third-order valence-corrected chi connectivity index (χ3v) is 5.33. The summed E-state index contributed by atoms with van der Waals surface area (Å²) in [6.45, 7) is 4.14. The number of hydrogen-bond donors (Lipinski definition) is 1. The minimum atomic E-state index is -0.923. The summed E-state index contributed by atoms with van der Waals surface area (Å²) in [5, 5.41) is 11.0. The molecule has 0 spiro atoms. The topological polar surface area (TPSA) is 63.1 Å². The van der Waals surface area contributed by atoms with Gasteiger partial charge in [0.25, 0.3) is 0 Å². The highest BCUT2D eigenvalue weighted by Gasteiger charge is 2.13. The van der Waals surface area contributed by atoms with E-state index < -0.39 is 5.97 Å². The molecule has 0 bridgehead atoms. The first-order chi connectivity index (χ1) is 10.1. The number of rotatable bonds is 3. The van der Waals surface area contributed by atoms with Gasteiger partial charge >= 0.3 is 5.97 Å². The van der Waals surface area contributed by atoms with Gasteiger partial charge in [0, 0.05) is 15.2 Å². The fourth-order valence-corrected chi connectivity index (χ4v) is 4.10. The van der Waals surface area contributed by atoms with E-state index in [1.54, 1.807) is 35.9 Å². The number of hydrogen-bond acceptors (Lipinski definition) is 5. The lowest BCUT2D eigenvalue weighted by Gasteiger charge is -2.04. The van der Waals surface area contributed by atoms with Crippen molar-refractivity contribution in [2.75, 3.05) is 0 Å². The molecule has 3 aromatic rings. The minimum absolute atomic E-state index is 0.281. The molecule has 0 aliphatic heterocycles. The lowest BCUT2D eigenvalue weighted by atomic mass is 10.2. The van der Waals surface area contributed by atoms with Crippen LogP contribution in [0.5, 0.6) is 0 Å². The summed E-state index contributed by atoms with van der Waals surface area (Å²) in [4.78, 5) is 22.8. The average Bonchev–Trinajstić information content (AvgIpc) is 2.75. The smallest absolute Gasteiger partial charge is 0.335 e. The maximum Gasteiger partial charge on any atom is 0.335 e. The van der Waals surface area contributed by atoms with Crippen molar-refractivity contribution in [1.29, 1.82) is 0 Å². The van der Waals surface area contributed by atoms with Gasteiger partial charge in [-0.2, -0.15) is 0 Å². The van der Waals surface area contributed by atoms with Gasteiger partial charge in [-0.3, -0.25) is 0 Å². The predicted octanol–water partition coefficient (Wildman–Crippen LogP) is 4.16. The summed E-state index contributed by atoms with van der Waals surface area (Å²) in [7, 11) is 0. The van der Waals surface area contributed by atoms with E-state index in [1.165, 1.54) is 22.2 Å². The van der Waals surface area contributed by atoms with Gasteiger partial charge in [0.2, 0.25) is 0 Å². The Morgan fingerprint density at radius 1 is 1.29 bits per heavy atom. The van der Waals surface area contributed by atoms with Crippen LogP contribution in [0.25, 0.3) is 10.2 Å². The van der Waals surface area contributed by atoms with E-state index in [4.69, 9.17) is 5.11 Å². The summed E-state index contributed by atoms with van der Waals surface area (Å²) >= 11 is 3.12. The van der Waals surface area contributed by atoms with E-state index in [0.717, 1.165) is 20.1 Å². The Hall–Kier alpha value is -1.92. The summed E-state index contributed by atoms with van der Waals surface area (Å²) in [6.07, 6.45) is 1.56. The lowest BCUT2D eigenvalue weighted by molar-refractivity contribution is 0.0696. The van der Waals surface area contributed by atoms with Crippen LogP contribution in [0.15, 0.2) is 40.5 Å². The van der Waals surface area contributed by atoms with Crippen molar-refractivity contribution in [2.45, 2.75) is 23.8 Å². The number of carbonyl (C=O) groups is 1. The highest BCUT2D eigenvalue weighted by molar-refractivity contribution is 7.99. The fraction of sp³-hybridized carbons (Fsp3) is 0.133. The van der Waals surface area contributed by atoms with Crippen molar-refractivity contribution >= 4 is 39.3 Å². The van der Waals surface area contributed by atoms with Crippen LogP contribution < -0.4 is 0 Å². The molecule has 21 heavy (non-hydrogen) atoms. The van der Waals surface area contributed by atoms with Gasteiger partial charge in [-0.15, -0.1) is 11.3 Å². The average molecular weight is 316 g/mol. The molecule has 3 rings (SSSR count). The molecule has 0 saturated carbocycles. The first-order valence-corrected chi connectivity index (χ1v) is 7.91. The van der Waals surface area contributed by atoms with E-state index in [2.05, 4.69) is 23.8 Å². The highest BCUT2D eigenvalue weighted by Crippen LogP contribution is 2.37. The number of thiophene rings is 1. The SMILES string of the molecule is Cc1sc2ncnc(Sc3cccc(C(=O)O)c3)c2c1C. The molecule has 0 aliphatic rings. The number of benzene rings is 1. The second kappa shape index (κ2) is 5.46. The van der Waals surface area contributed by atoms with Crippen LogP contribution in [-0.2, 0) is 0 Å². The zero-order chi connectivity index (χ0) is 15.0. The molecule has 2 aromatic heterocycles. The van der Waals surface area contributed by atoms with E-state index in [-0.39, 0.29) is 5.56 Å². The molecule has 6 heteroatoms. The summed E-state index contributed by atoms with van der Waals surface area (Å²) < 4.78 is 0. The Kier molecular flexibility index (Phi) is 3.65. The van der Waals surface area contributed by atoms with Crippen molar-refractivity contribution in [1.82, 2.24) is 9.97 Å². The normalized spacial score (nSPS) is 11.0. The summed E-state index contributed by atoms with van der Waals surface area (Å²) in [6, 6.07) is 6.88. The number of fused-ring (bicyclic) bond motifs is 1. The quantitative estimate of drug-likeness (QED) is 0.735. The van der Waals surface area contributed by atoms with Gasteiger partial charge in [0.05, 0.1) is 5.56 Å². The Bertz CT molecular complexity index is 843. The van der Waals surface area contributed by atoms with Gasteiger partial charge in [-0.25, -0.2) is 14.8 Å². The van der Waals surface area contributed by atoms with Crippen molar-refractivity contribution in [2.24, 2.45) is 0 Å². The van der Waals surface area contributed by atoms with E-state index in [9.17, 15) is 4.79 Å². The molecule has 2 heterocycles. The molecule has 0 aliphatic carbocycles. The fourth-order valence-electron chi connectivity index (χ4n) is 2.03. The van der Waals surface area contributed by atoms with Crippen LogP contribution in [0.4, 0.5) is 0 Å². The van der Waals surface area contributed by atoms with E-state index in [0.29, 0.717) is 0 Å². The lowest BCUT2D eigenvalue weighted by Crippen LogP contribution is -1.95. The van der Waals surface area contributed by atoms with Crippen LogP contribution in [-0.4, -0.2) is 21.0 Å². The van der Waals surface area contributed by atoms with Crippen LogP contribution >= 0.6 is 23.1 Å². The van der Waals surface area contributed by atoms with Crippen molar-refractivity contribution in [3.63, 3.8) is 0 Å². The van der Waals surface area contributed by atoms with Gasteiger partial charge in [0.1, 0.15) is 16.2 Å². The first-order valence-electron chi connectivity index (χ1n) is 6.28. The van der Waals surface area contributed by atoms with Crippen molar-refractivity contribution < 1.29 is 9.90 Å². The first kappa shape index (κ1) is 14.0. The molecule has 0 unspecified atom stereocenters. The number of aromatic nitrogens is 2. The zero-order valence-corrected chi connectivity index (χ0v) is 13.1. The third kappa shape index (κ3) is 2.64. The zero-order valence-electron chi connectivity index (χ0n) is 11.5. The number of aryl methyl sites for hydroxylation is 2. The number of carboxylic acids is 1. The Balaban J connectivity index is 2.06. The Morgan fingerprint density at radius 3 is 2.86 bits per heavy atom. The summed E-state index contributed by atoms with van der Waals surface area (Å²) in [5.74, 6) is -0.923. The minimum Gasteiger partial charge on any atom is -0.478 e. The van der Waals surface area contributed by atoms with Crippen LogP contribution in [0, 0.1) is 13.8 Å². The standard InChI is InChI=1S/C15H12N2O2S2/c1-8-9(2)20-13-12(8)14(17-7-16-13)21-11-5-3-4-10(6-11)15(18)19/h3-7H,1-2H3,(H,18,19). The Labute approximate surface area is 129 Å². The molecule has 0 radical (unpaired) electrons. The second-order valence-electron chi connectivity index (χ2n) is 4.58. The second-order valence-corrected chi connectivity index (χ2v) is 6.84. The maximum atomic E-state index is 11.0. The number of nitrogens with zero attached hydrogens (tertiary/aromatic N) is 2. The third-order valence-electron chi connectivity index (χ3n) is 3.23. The molecular weight excluding hydrogens is 304 g/mol.